The van der Waals surface area contributed by atoms with E-state index >= 15 is 0 Å². The molecule has 7 nitrogen and oxygen atoms in total. The molecule has 1 unspecified atom stereocenters. The Morgan fingerprint density at radius 2 is 2.11 bits per heavy atom. The first-order valence-corrected chi connectivity index (χ1v) is 5.17. The first-order chi connectivity index (χ1) is 8.43. The largest absolute Gasteiger partial charge is 0.477 e. The van der Waals surface area contributed by atoms with Crippen molar-refractivity contribution in [2.45, 2.75) is 6.17 Å². The molecule has 0 bridgehead atoms. The predicted molar refractivity (Wildman–Crippen MR) is 61.9 cm³/mol. The second-order valence-electron chi connectivity index (χ2n) is 4.04. The molecule has 2 aliphatic rings. The Morgan fingerprint density at radius 3 is 2.67 bits per heavy atom. The van der Waals surface area contributed by atoms with Crippen LogP contribution in [0.4, 0.5) is 0 Å². The van der Waals surface area contributed by atoms with Crippen molar-refractivity contribution < 1.29 is 19.5 Å². The van der Waals surface area contributed by atoms with Gasteiger partial charge in [0.1, 0.15) is 6.17 Å². The van der Waals surface area contributed by atoms with Crippen LogP contribution in [0.2, 0.25) is 0 Å². The van der Waals surface area contributed by atoms with Crippen LogP contribution >= 0.6 is 0 Å². The summed E-state index contributed by atoms with van der Waals surface area (Å²) in [6.45, 7) is 0. The van der Waals surface area contributed by atoms with Crippen LogP contribution in [-0.4, -0.2) is 53.6 Å². The lowest BCUT2D eigenvalue weighted by molar-refractivity contribution is -0.130. The van der Waals surface area contributed by atoms with Crippen LogP contribution in [-0.2, 0) is 14.4 Å². The fraction of sp³-hybridized carbons (Fsp3) is 0.273. The number of carbonyl (C=O) groups excluding carboxylic acids is 2. The second kappa shape index (κ2) is 4.10. The molecule has 0 saturated heterocycles. The van der Waals surface area contributed by atoms with Crippen LogP contribution in [0.15, 0.2) is 28.4 Å². The summed E-state index contributed by atoms with van der Waals surface area (Å²) in [6.07, 6.45) is 1.85. The highest BCUT2D eigenvalue weighted by atomic mass is 16.4. The van der Waals surface area contributed by atoms with Crippen molar-refractivity contribution in [3.8, 4) is 0 Å². The van der Waals surface area contributed by atoms with Crippen molar-refractivity contribution in [2.75, 3.05) is 14.1 Å². The van der Waals surface area contributed by atoms with Gasteiger partial charge in [0, 0.05) is 26.4 Å². The van der Waals surface area contributed by atoms with E-state index in [0.29, 0.717) is 0 Å². The van der Waals surface area contributed by atoms with Gasteiger partial charge in [-0.2, -0.15) is 0 Å². The number of amides is 1. The number of hydrogen-bond acceptors (Lipinski definition) is 5. The topological polar surface area (TPSA) is 99.1 Å². The monoisotopic (exact) mass is 249 g/mol. The number of carboxylic acids is 1. The minimum Gasteiger partial charge on any atom is -0.477 e. The van der Waals surface area contributed by atoms with Crippen LogP contribution in [0.25, 0.3) is 0 Å². The maximum atomic E-state index is 12.0. The van der Waals surface area contributed by atoms with Crippen LogP contribution in [0, 0.1) is 0 Å². The number of carbonyl (C=O) groups is 3. The summed E-state index contributed by atoms with van der Waals surface area (Å²) < 4.78 is 0. The molecule has 2 aliphatic heterocycles. The van der Waals surface area contributed by atoms with Gasteiger partial charge in [0.25, 0.3) is 5.91 Å². The normalized spacial score (nSPS) is 21.3. The van der Waals surface area contributed by atoms with Crippen molar-refractivity contribution in [2.24, 2.45) is 4.99 Å². The Bertz CT molecular complexity index is 542. The molecule has 0 aromatic carbocycles. The number of nitrogens with one attached hydrogen (secondary N) is 1. The van der Waals surface area contributed by atoms with Crippen molar-refractivity contribution in [3.63, 3.8) is 0 Å². The molecule has 94 valence electrons. The standard InChI is InChI=1S/C11H11N3O4/c1-14(2)10(16)7-6-5(15)3-4-12-9(6)13-8(7)11(17)18/h3-4,9,12H,1-2H3,(H,17,18). The average molecular weight is 249 g/mol. The van der Waals surface area contributed by atoms with Crippen LogP contribution < -0.4 is 5.32 Å². The average Bonchev–Trinajstić information content (AvgIpc) is 2.68. The Hall–Kier alpha value is -2.44. The van der Waals surface area contributed by atoms with E-state index in [2.05, 4.69) is 10.3 Å². The molecule has 0 spiro atoms. The summed E-state index contributed by atoms with van der Waals surface area (Å²) in [5, 5.41) is 11.8. The summed E-state index contributed by atoms with van der Waals surface area (Å²) in [6, 6.07) is 0. The van der Waals surface area contributed by atoms with Crippen LogP contribution in [0.3, 0.4) is 0 Å². The fourth-order valence-corrected chi connectivity index (χ4v) is 1.81. The first-order valence-electron chi connectivity index (χ1n) is 5.17. The van der Waals surface area contributed by atoms with Gasteiger partial charge in [-0.3, -0.25) is 9.59 Å². The molecule has 0 aliphatic carbocycles. The highest BCUT2D eigenvalue weighted by molar-refractivity contribution is 6.51. The predicted octanol–water partition coefficient (Wildman–Crippen LogP) is -1.08. The zero-order chi connectivity index (χ0) is 13.4. The lowest BCUT2D eigenvalue weighted by Gasteiger charge is -2.17. The van der Waals surface area contributed by atoms with E-state index < -0.39 is 23.8 Å². The Kier molecular flexibility index (Phi) is 2.74. The number of hydrogen-bond donors (Lipinski definition) is 2. The molecule has 2 N–H and O–H groups in total. The van der Waals surface area contributed by atoms with E-state index in [0.717, 1.165) is 0 Å². The number of likely N-dealkylation sites (N-methyl/N-ethyl adjacent to an activating group) is 1. The van der Waals surface area contributed by atoms with E-state index in [1.807, 2.05) is 0 Å². The number of nitrogens with zero attached hydrogens (tertiary/aromatic N) is 2. The maximum absolute atomic E-state index is 12.0. The first kappa shape index (κ1) is 12.0. The third kappa shape index (κ3) is 1.69. The fourth-order valence-electron chi connectivity index (χ4n) is 1.81. The van der Waals surface area contributed by atoms with Crippen molar-refractivity contribution in [1.82, 2.24) is 10.2 Å². The van der Waals surface area contributed by atoms with E-state index in [1.165, 1.54) is 31.3 Å². The Morgan fingerprint density at radius 1 is 1.44 bits per heavy atom. The zero-order valence-corrected chi connectivity index (χ0v) is 9.80. The summed E-state index contributed by atoms with van der Waals surface area (Å²) in [5.74, 6) is -2.26. The maximum Gasteiger partial charge on any atom is 0.354 e. The molecule has 2 heterocycles. The van der Waals surface area contributed by atoms with E-state index in [-0.39, 0.29) is 16.9 Å². The van der Waals surface area contributed by atoms with Gasteiger partial charge in [0.05, 0.1) is 11.1 Å². The van der Waals surface area contributed by atoms with E-state index in [1.54, 1.807) is 0 Å². The Labute approximate surface area is 102 Å². The minimum absolute atomic E-state index is 0.0913. The van der Waals surface area contributed by atoms with Gasteiger partial charge >= 0.3 is 5.97 Å². The molecule has 0 fully saturated rings. The van der Waals surface area contributed by atoms with E-state index in [9.17, 15) is 14.4 Å². The summed E-state index contributed by atoms with van der Waals surface area (Å²) in [4.78, 5) is 39.9. The zero-order valence-electron chi connectivity index (χ0n) is 9.80. The molecular formula is C11H11N3O4. The van der Waals surface area contributed by atoms with Crippen molar-refractivity contribution in [3.05, 3.63) is 23.4 Å². The molecule has 2 rings (SSSR count). The van der Waals surface area contributed by atoms with Gasteiger partial charge in [-0.15, -0.1) is 0 Å². The number of carboxylic acid groups (broad SMARTS) is 1. The lowest BCUT2D eigenvalue weighted by Crippen LogP contribution is -2.33. The SMILES string of the molecule is CN(C)C(=O)C1=C2C(=O)C=CNC2N=C1C(=O)O. The van der Waals surface area contributed by atoms with Crippen molar-refractivity contribution >= 4 is 23.4 Å². The van der Waals surface area contributed by atoms with Gasteiger partial charge in [-0.1, -0.05) is 0 Å². The highest BCUT2D eigenvalue weighted by Crippen LogP contribution is 2.25. The number of aliphatic imine (C=N–C) groups is 1. The number of rotatable bonds is 2. The molecule has 0 saturated carbocycles. The molecule has 0 radical (unpaired) electrons. The van der Waals surface area contributed by atoms with Gasteiger partial charge < -0.3 is 15.3 Å². The smallest absolute Gasteiger partial charge is 0.354 e. The molecule has 1 amide bonds. The summed E-state index contributed by atoms with van der Waals surface area (Å²) in [5.41, 5.74) is -0.425. The summed E-state index contributed by atoms with van der Waals surface area (Å²) >= 11 is 0. The van der Waals surface area contributed by atoms with E-state index in [4.69, 9.17) is 5.11 Å². The van der Waals surface area contributed by atoms with Crippen LogP contribution in [0.1, 0.15) is 0 Å². The highest BCUT2D eigenvalue weighted by Gasteiger charge is 2.39. The van der Waals surface area contributed by atoms with Gasteiger partial charge in [0.2, 0.25) is 0 Å². The molecular weight excluding hydrogens is 238 g/mol. The molecule has 7 heteroatoms. The molecule has 0 aromatic rings. The van der Waals surface area contributed by atoms with Gasteiger partial charge in [-0.05, 0) is 0 Å². The molecule has 18 heavy (non-hydrogen) atoms. The van der Waals surface area contributed by atoms with Crippen LogP contribution in [0.5, 0.6) is 0 Å². The van der Waals surface area contributed by atoms with Crippen molar-refractivity contribution in [1.29, 1.82) is 0 Å². The van der Waals surface area contributed by atoms with Gasteiger partial charge in [0.15, 0.2) is 11.5 Å². The Balaban J connectivity index is 2.59. The lowest BCUT2D eigenvalue weighted by atomic mass is 9.98. The second-order valence-corrected chi connectivity index (χ2v) is 4.04. The molecule has 1 atom stereocenters. The number of aliphatic carboxylic acids is 1. The molecule has 0 aromatic heterocycles. The third-order valence-electron chi connectivity index (χ3n) is 2.61. The summed E-state index contributed by atoms with van der Waals surface area (Å²) in [7, 11) is 2.97. The third-order valence-corrected chi connectivity index (χ3v) is 2.61. The number of allylic oxidation sites excluding steroid dienone is 1. The minimum atomic E-state index is -1.32. The quantitative estimate of drug-likeness (QED) is 0.648. The van der Waals surface area contributed by atoms with Gasteiger partial charge in [-0.25, -0.2) is 9.79 Å². The number of fused-ring (bicyclic) bond motifs is 1. The number of ketones is 1.